The number of hydrogen-bond acceptors (Lipinski definition) is 4. The summed E-state index contributed by atoms with van der Waals surface area (Å²) in [5.41, 5.74) is 5.96. The van der Waals surface area contributed by atoms with Crippen LogP contribution in [0.4, 0.5) is 13.2 Å². The zero-order chi connectivity index (χ0) is 14.3. The molecule has 0 aliphatic carbocycles. The maximum Gasteiger partial charge on any atom is 0.401 e. The molecule has 0 aromatic carbocycles. The summed E-state index contributed by atoms with van der Waals surface area (Å²) < 4.78 is 37.2. The van der Waals surface area contributed by atoms with E-state index in [-0.39, 0.29) is 26.2 Å². The first-order valence-electron chi connectivity index (χ1n) is 5.61. The van der Waals surface area contributed by atoms with Crippen LogP contribution in [0, 0.1) is 11.8 Å². The van der Waals surface area contributed by atoms with Crippen LogP contribution in [0.15, 0.2) is 11.4 Å². The molecule has 0 fully saturated rings. The Morgan fingerprint density at radius 1 is 1.42 bits per heavy atom. The predicted molar refractivity (Wildman–Crippen MR) is 68.7 cm³/mol. The van der Waals surface area contributed by atoms with Gasteiger partial charge in [-0.15, -0.1) is 11.3 Å². The highest BCUT2D eigenvalue weighted by Gasteiger charge is 2.30. The van der Waals surface area contributed by atoms with Gasteiger partial charge in [0, 0.05) is 23.5 Å². The standard InChI is InChI=1S/C12H15F3N2OS/c13-12(14,15)9-17(5-6-18)8-11-10(2-1-4-16)3-7-19-11/h3,7,18H,4-6,8-9,16H2. The normalized spacial score (nSPS) is 11.5. The molecule has 3 N–H and O–H groups in total. The van der Waals surface area contributed by atoms with Crippen LogP contribution in [0.3, 0.4) is 0 Å². The van der Waals surface area contributed by atoms with Crippen molar-refractivity contribution in [2.45, 2.75) is 12.7 Å². The van der Waals surface area contributed by atoms with E-state index >= 15 is 0 Å². The lowest BCUT2D eigenvalue weighted by molar-refractivity contribution is -0.147. The van der Waals surface area contributed by atoms with Gasteiger partial charge in [-0.3, -0.25) is 4.90 Å². The number of rotatable bonds is 5. The molecule has 0 saturated carbocycles. The molecule has 1 rings (SSSR count). The largest absolute Gasteiger partial charge is 0.401 e. The summed E-state index contributed by atoms with van der Waals surface area (Å²) in [6.07, 6.45) is -4.28. The zero-order valence-corrected chi connectivity index (χ0v) is 11.0. The quantitative estimate of drug-likeness (QED) is 0.807. The topological polar surface area (TPSA) is 49.5 Å². The average molecular weight is 292 g/mol. The third-order valence-electron chi connectivity index (χ3n) is 2.26. The first kappa shape index (κ1) is 16.0. The monoisotopic (exact) mass is 292 g/mol. The molecule has 0 amide bonds. The number of thiophene rings is 1. The van der Waals surface area contributed by atoms with Crippen molar-refractivity contribution < 1.29 is 18.3 Å². The van der Waals surface area contributed by atoms with Crippen molar-refractivity contribution in [2.75, 3.05) is 26.2 Å². The first-order valence-corrected chi connectivity index (χ1v) is 6.49. The maximum atomic E-state index is 12.4. The van der Waals surface area contributed by atoms with Crippen molar-refractivity contribution in [1.29, 1.82) is 0 Å². The average Bonchev–Trinajstić information content (AvgIpc) is 2.72. The lowest BCUT2D eigenvalue weighted by Crippen LogP contribution is -2.35. The van der Waals surface area contributed by atoms with Crippen LogP contribution in [0.5, 0.6) is 0 Å². The molecule has 19 heavy (non-hydrogen) atoms. The third kappa shape index (κ3) is 6.07. The Bertz CT molecular complexity index is 448. The molecule has 0 aliphatic heterocycles. The first-order chi connectivity index (χ1) is 8.96. The van der Waals surface area contributed by atoms with Gasteiger partial charge in [-0.2, -0.15) is 13.2 Å². The minimum atomic E-state index is -4.28. The Balaban J connectivity index is 2.76. The highest BCUT2D eigenvalue weighted by atomic mass is 32.1. The van der Waals surface area contributed by atoms with Crippen molar-refractivity contribution in [2.24, 2.45) is 5.73 Å². The van der Waals surface area contributed by atoms with Crippen LogP contribution in [-0.2, 0) is 6.54 Å². The molecule has 0 saturated heterocycles. The highest BCUT2D eigenvalue weighted by Crippen LogP contribution is 2.22. The summed E-state index contributed by atoms with van der Waals surface area (Å²) in [6, 6.07) is 1.76. The van der Waals surface area contributed by atoms with Crippen LogP contribution in [0.25, 0.3) is 0 Å². The highest BCUT2D eigenvalue weighted by molar-refractivity contribution is 7.10. The Hall–Kier alpha value is -1.07. The molecule has 0 atom stereocenters. The number of aliphatic hydroxyl groups is 1. The van der Waals surface area contributed by atoms with Crippen molar-refractivity contribution in [3.05, 3.63) is 21.9 Å². The second kappa shape index (κ2) is 7.50. The van der Waals surface area contributed by atoms with Gasteiger partial charge < -0.3 is 10.8 Å². The molecule has 0 aliphatic rings. The van der Waals surface area contributed by atoms with E-state index < -0.39 is 12.7 Å². The van der Waals surface area contributed by atoms with Gasteiger partial charge in [-0.1, -0.05) is 11.8 Å². The second-order valence-corrected chi connectivity index (χ2v) is 4.81. The van der Waals surface area contributed by atoms with E-state index in [0.29, 0.717) is 5.56 Å². The van der Waals surface area contributed by atoms with Crippen LogP contribution < -0.4 is 5.73 Å². The van der Waals surface area contributed by atoms with Gasteiger partial charge in [0.25, 0.3) is 0 Å². The van der Waals surface area contributed by atoms with E-state index in [0.717, 1.165) is 9.78 Å². The Kier molecular flexibility index (Phi) is 6.31. The number of nitrogens with two attached hydrogens (primary N) is 1. The summed E-state index contributed by atoms with van der Waals surface area (Å²) in [6.45, 7) is -1.06. The van der Waals surface area contributed by atoms with Gasteiger partial charge in [0.05, 0.1) is 19.7 Å². The lowest BCUT2D eigenvalue weighted by Gasteiger charge is -2.22. The molecule has 106 valence electrons. The van der Waals surface area contributed by atoms with Gasteiger partial charge in [0.1, 0.15) is 0 Å². The summed E-state index contributed by atoms with van der Waals surface area (Å²) in [5, 5.41) is 10.6. The number of alkyl halides is 3. The van der Waals surface area contributed by atoms with Crippen molar-refractivity contribution >= 4 is 11.3 Å². The molecule has 0 bridgehead atoms. The molecular formula is C12H15F3N2OS. The van der Waals surface area contributed by atoms with Gasteiger partial charge in [-0.25, -0.2) is 0 Å². The van der Waals surface area contributed by atoms with Crippen molar-refractivity contribution in [1.82, 2.24) is 4.90 Å². The molecular weight excluding hydrogens is 277 g/mol. The Morgan fingerprint density at radius 2 is 2.16 bits per heavy atom. The fourth-order valence-corrected chi connectivity index (χ4v) is 2.40. The summed E-state index contributed by atoms with van der Waals surface area (Å²) in [4.78, 5) is 1.90. The fourth-order valence-electron chi connectivity index (χ4n) is 1.53. The van der Waals surface area contributed by atoms with Crippen LogP contribution in [0.1, 0.15) is 10.4 Å². The predicted octanol–water partition coefficient (Wildman–Crippen LogP) is 1.41. The molecule has 0 unspecified atom stereocenters. The Labute approximate surface area is 113 Å². The Morgan fingerprint density at radius 3 is 2.74 bits per heavy atom. The summed E-state index contributed by atoms with van der Waals surface area (Å²) in [7, 11) is 0. The minimum Gasteiger partial charge on any atom is -0.395 e. The van der Waals surface area contributed by atoms with E-state index in [1.165, 1.54) is 11.3 Å². The third-order valence-corrected chi connectivity index (χ3v) is 3.16. The number of aliphatic hydroxyl groups excluding tert-OH is 1. The molecule has 1 aromatic rings. The molecule has 3 nitrogen and oxygen atoms in total. The van der Waals surface area contributed by atoms with Crippen molar-refractivity contribution in [3.63, 3.8) is 0 Å². The van der Waals surface area contributed by atoms with E-state index in [4.69, 9.17) is 10.8 Å². The van der Waals surface area contributed by atoms with Crippen LogP contribution >= 0.6 is 11.3 Å². The summed E-state index contributed by atoms with van der Waals surface area (Å²) >= 11 is 1.35. The van der Waals surface area contributed by atoms with Gasteiger partial charge in [-0.05, 0) is 11.4 Å². The van der Waals surface area contributed by atoms with E-state index in [1.54, 1.807) is 11.4 Å². The van der Waals surface area contributed by atoms with Crippen molar-refractivity contribution in [3.8, 4) is 11.8 Å². The SMILES string of the molecule is NCC#Cc1ccsc1CN(CCO)CC(F)(F)F. The van der Waals surface area contributed by atoms with E-state index in [1.807, 2.05) is 0 Å². The molecule has 1 heterocycles. The zero-order valence-electron chi connectivity index (χ0n) is 10.2. The number of halogens is 3. The maximum absolute atomic E-state index is 12.4. The lowest BCUT2D eigenvalue weighted by atomic mass is 10.2. The fraction of sp³-hybridized carbons (Fsp3) is 0.500. The molecule has 7 heteroatoms. The van der Waals surface area contributed by atoms with E-state index in [9.17, 15) is 13.2 Å². The van der Waals surface area contributed by atoms with Gasteiger partial charge in [0.2, 0.25) is 0 Å². The number of hydrogen-bond donors (Lipinski definition) is 2. The summed E-state index contributed by atoms with van der Waals surface area (Å²) in [5.74, 6) is 5.51. The molecule has 0 spiro atoms. The van der Waals surface area contributed by atoms with Gasteiger partial charge >= 0.3 is 6.18 Å². The van der Waals surface area contributed by atoms with Crippen LogP contribution in [0.2, 0.25) is 0 Å². The van der Waals surface area contributed by atoms with E-state index in [2.05, 4.69) is 11.8 Å². The molecule has 1 aromatic heterocycles. The van der Waals surface area contributed by atoms with Gasteiger partial charge in [0.15, 0.2) is 0 Å². The minimum absolute atomic E-state index is 0.0266. The second-order valence-electron chi connectivity index (χ2n) is 3.81. The molecule has 0 radical (unpaired) electrons. The number of nitrogens with zero attached hydrogens (tertiary/aromatic N) is 1. The smallest absolute Gasteiger partial charge is 0.395 e. The van der Waals surface area contributed by atoms with Crippen LogP contribution in [-0.4, -0.2) is 42.4 Å².